The zero-order chi connectivity index (χ0) is 15.7. The first kappa shape index (κ1) is 14.3. The Labute approximate surface area is 125 Å². The maximum absolute atomic E-state index is 14.0. The smallest absolute Gasteiger partial charge is 0.303 e. The molecule has 2 N–H and O–H groups in total. The number of H-pyrrole nitrogens is 1. The maximum atomic E-state index is 14.0. The SMILES string of the molecule is O=C(O)CCc1c(-c2ccc(F)cc2)[nH]c2c(F)cccc12. The highest BCUT2D eigenvalue weighted by Gasteiger charge is 2.16. The quantitative estimate of drug-likeness (QED) is 0.761. The molecule has 3 aromatic rings. The van der Waals surface area contributed by atoms with Crippen LogP contribution in [0.3, 0.4) is 0 Å². The van der Waals surface area contributed by atoms with Gasteiger partial charge >= 0.3 is 5.97 Å². The van der Waals surface area contributed by atoms with Gasteiger partial charge < -0.3 is 10.1 Å². The number of fused-ring (bicyclic) bond motifs is 1. The third kappa shape index (κ3) is 2.57. The van der Waals surface area contributed by atoms with Gasteiger partial charge in [-0.2, -0.15) is 0 Å². The second kappa shape index (κ2) is 5.60. The van der Waals surface area contributed by atoms with E-state index in [2.05, 4.69) is 4.98 Å². The van der Waals surface area contributed by atoms with Gasteiger partial charge in [-0.1, -0.05) is 12.1 Å². The maximum Gasteiger partial charge on any atom is 0.303 e. The van der Waals surface area contributed by atoms with E-state index in [1.54, 1.807) is 24.3 Å². The Kier molecular flexibility index (Phi) is 3.63. The van der Waals surface area contributed by atoms with Crippen molar-refractivity contribution in [2.75, 3.05) is 0 Å². The van der Waals surface area contributed by atoms with Gasteiger partial charge in [-0.3, -0.25) is 4.79 Å². The number of rotatable bonds is 4. The molecule has 0 amide bonds. The lowest BCUT2D eigenvalue weighted by atomic mass is 10.0. The van der Waals surface area contributed by atoms with Crippen LogP contribution >= 0.6 is 0 Å². The molecule has 0 unspecified atom stereocenters. The molecule has 3 nitrogen and oxygen atoms in total. The van der Waals surface area contributed by atoms with Gasteiger partial charge in [-0.15, -0.1) is 0 Å². The van der Waals surface area contributed by atoms with Gasteiger partial charge in [0.1, 0.15) is 11.6 Å². The molecule has 1 heterocycles. The Balaban J connectivity index is 2.18. The van der Waals surface area contributed by atoms with Crippen molar-refractivity contribution in [2.45, 2.75) is 12.8 Å². The van der Waals surface area contributed by atoms with E-state index in [4.69, 9.17) is 5.11 Å². The molecule has 0 aliphatic rings. The Morgan fingerprint density at radius 1 is 1.09 bits per heavy atom. The molecule has 0 aliphatic heterocycles. The summed E-state index contributed by atoms with van der Waals surface area (Å²) in [6.45, 7) is 0. The standard InChI is InChI=1S/C17H13F2NO2/c18-11-6-4-10(5-7-11)16-13(8-9-15(21)22)12-2-1-3-14(19)17(12)20-16/h1-7,20H,8-9H2,(H,21,22). The van der Waals surface area contributed by atoms with E-state index in [1.165, 1.54) is 18.2 Å². The predicted molar refractivity (Wildman–Crippen MR) is 79.6 cm³/mol. The van der Waals surface area contributed by atoms with Gasteiger partial charge in [0.2, 0.25) is 0 Å². The average Bonchev–Trinajstić information content (AvgIpc) is 2.86. The van der Waals surface area contributed by atoms with Gasteiger partial charge in [0.15, 0.2) is 0 Å². The lowest BCUT2D eigenvalue weighted by Crippen LogP contribution is -1.98. The summed E-state index contributed by atoms with van der Waals surface area (Å²) < 4.78 is 27.0. The highest BCUT2D eigenvalue weighted by Crippen LogP contribution is 2.32. The summed E-state index contributed by atoms with van der Waals surface area (Å²) in [6.07, 6.45) is 0.211. The number of nitrogens with one attached hydrogen (secondary N) is 1. The zero-order valence-corrected chi connectivity index (χ0v) is 11.6. The van der Waals surface area contributed by atoms with E-state index in [9.17, 15) is 13.6 Å². The van der Waals surface area contributed by atoms with Crippen LogP contribution in [0.15, 0.2) is 42.5 Å². The van der Waals surface area contributed by atoms with Crippen LogP contribution < -0.4 is 0 Å². The van der Waals surface area contributed by atoms with Crippen LogP contribution in [0.25, 0.3) is 22.2 Å². The molecule has 0 radical (unpaired) electrons. The minimum absolute atomic E-state index is 0.0579. The first-order chi connectivity index (χ1) is 10.6. The van der Waals surface area contributed by atoms with Crippen molar-refractivity contribution >= 4 is 16.9 Å². The number of aromatic amines is 1. The fraction of sp³-hybridized carbons (Fsp3) is 0.118. The normalized spacial score (nSPS) is 11.0. The summed E-state index contributed by atoms with van der Waals surface area (Å²) in [4.78, 5) is 13.9. The molecule has 0 saturated carbocycles. The first-order valence-electron chi connectivity index (χ1n) is 6.83. The Hall–Kier alpha value is -2.69. The number of benzene rings is 2. The predicted octanol–water partition coefficient (Wildman–Crippen LogP) is 4.13. The Morgan fingerprint density at radius 3 is 2.50 bits per heavy atom. The third-order valence-electron chi connectivity index (χ3n) is 3.61. The number of carboxylic acid groups (broad SMARTS) is 1. The zero-order valence-electron chi connectivity index (χ0n) is 11.6. The average molecular weight is 301 g/mol. The molecule has 1 aromatic heterocycles. The van der Waals surface area contributed by atoms with Crippen molar-refractivity contribution in [3.8, 4) is 11.3 Å². The number of hydrogen-bond acceptors (Lipinski definition) is 1. The second-order valence-corrected chi connectivity index (χ2v) is 5.04. The summed E-state index contributed by atoms with van der Waals surface area (Å²) in [5.41, 5.74) is 2.38. The van der Waals surface area contributed by atoms with E-state index in [1.807, 2.05) is 0 Å². The highest BCUT2D eigenvalue weighted by molar-refractivity contribution is 5.91. The van der Waals surface area contributed by atoms with E-state index in [-0.39, 0.29) is 18.7 Å². The van der Waals surface area contributed by atoms with Crippen molar-refractivity contribution in [1.82, 2.24) is 4.98 Å². The van der Waals surface area contributed by atoms with Gasteiger partial charge in [0, 0.05) is 17.5 Å². The van der Waals surface area contributed by atoms with Crippen LogP contribution in [0, 0.1) is 11.6 Å². The molecule has 112 valence electrons. The van der Waals surface area contributed by atoms with E-state index >= 15 is 0 Å². The highest BCUT2D eigenvalue weighted by atomic mass is 19.1. The molecule has 0 saturated heterocycles. The summed E-state index contributed by atoms with van der Waals surface area (Å²) >= 11 is 0. The number of carboxylic acids is 1. The van der Waals surface area contributed by atoms with E-state index < -0.39 is 11.8 Å². The van der Waals surface area contributed by atoms with Crippen molar-refractivity contribution in [2.24, 2.45) is 0 Å². The largest absolute Gasteiger partial charge is 0.481 e. The van der Waals surface area contributed by atoms with Crippen molar-refractivity contribution in [1.29, 1.82) is 0 Å². The van der Waals surface area contributed by atoms with Gasteiger partial charge in [-0.05, 0) is 47.9 Å². The van der Waals surface area contributed by atoms with Crippen LogP contribution in [0.4, 0.5) is 8.78 Å². The molecule has 0 atom stereocenters. The molecule has 0 fully saturated rings. The van der Waals surface area contributed by atoms with Gasteiger partial charge in [0.05, 0.1) is 5.52 Å². The van der Waals surface area contributed by atoms with Crippen LogP contribution in [0.5, 0.6) is 0 Å². The monoisotopic (exact) mass is 301 g/mol. The number of aryl methyl sites for hydroxylation is 1. The Morgan fingerprint density at radius 2 is 1.82 bits per heavy atom. The molecule has 3 rings (SSSR count). The van der Waals surface area contributed by atoms with E-state index in [0.29, 0.717) is 22.2 Å². The molecule has 0 bridgehead atoms. The lowest BCUT2D eigenvalue weighted by molar-refractivity contribution is -0.136. The number of hydrogen-bond donors (Lipinski definition) is 2. The fourth-order valence-electron chi connectivity index (χ4n) is 2.59. The Bertz CT molecular complexity index is 838. The minimum Gasteiger partial charge on any atom is -0.481 e. The van der Waals surface area contributed by atoms with Crippen LogP contribution in [-0.4, -0.2) is 16.1 Å². The molecule has 5 heteroatoms. The summed E-state index contributed by atoms with van der Waals surface area (Å²) in [6, 6.07) is 10.5. The lowest BCUT2D eigenvalue weighted by Gasteiger charge is -2.04. The number of halogens is 2. The molecule has 2 aromatic carbocycles. The molecule has 22 heavy (non-hydrogen) atoms. The first-order valence-corrected chi connectivity index (χ1v) is 6.83. The number of aliphatic carboxylic acids is 1. The van der Waals surface area contributed by atoms with Crippen molar-refractivity contribution in [3.05, 3.63) is 59.7 Å². The van der Waals surface area contributed by atoms with Crippen molar-refractivity contribution in [3.63, 3.8) is 0 Å². The third-order valence-corrected chi connectivity index (χ3v) is 3.61. The summed E-state index contributed by atoms with van der Waals surface area (Å²) in [7, 11) is 0. The number of aromatic nitrogens is 1. The van der Waals surface area contributed by atoms with E-state index in [0.717, 1.165) is 5.56 Å². The topological polar surface area (TPSA) is 53.1 Å². The van der Waals surface area contributed by atoms with Gasteiger partial charge in [-0.25, -0.2) is 8.78 Å². The molecule has 0 spiro atoms. The van der Waals surface area contributed by atoms with Crippen LogP contribution in [0.2, 0.25) is 0 Å². The molecular weight excluding hydrogens is 288 g/mol. The van der Waals surface area contributed by atoms with Gasteiger partial charge in [0.25, 0.3) is 0 Å². The summed E-state index contributed by atoms with van der Waals surface area (Å²) in [5, 5.41) is 9.56. The number of carbonyl (C=O) groups is 1. The molecule has 0 aliphatic carbocycles. The summed E-state index contributed by atoms with van der Waals surface area (Å²) in [5.74, 6) is -1.68. The van der Waals surface area contributed by atoms with Crippen molar-refractivity contribution < 1.29 is 18.7 Å². The molecular formula is C17H13F2NO2. The minimum atomic E-state index is -0.921. The number of para-hydroxylation sites is 1. The second-order valence-electron chi connectivity index (χ2n) is 5.04. The fourth-order valence-corrected chi connectivity index (χ4v) is 2.59. The van der Waals surface area contributed by atoms with Crippen LogP contribution in [-0.2, 0) is 11.2 Å². The van der Waals surface area contributed by atoms with Crippen LogP contribution in [0.1, 0.15) is 12.0 Å².